The van der Waals surface area contributed by atoms with Gasteiger partial charge in [0.1, 0.15) is 11.9 Å². The van der Waals surface area contributed by atoms with Crippen molar-refractivity contribution in [1.82, 2.24) is 0 Å². The van der Waals surface area contributed by atoms with Gasteiger partial charge in [0.05, 0.1) is 35.7 Å². The Morgan fingerprint density at radius 1 is 1.20 bits per heavy atom. The van der Waals surface area contributed by atoms with Crippen LogP contribution >= 0.6 is 22.6 Å². The summed E-state index contributed by atoms with van der Waals surface area (Å²) in [7, 11) is 0. The van der Waals surface area contributed by atoms with Crippen molar-refractivity contribution in [2.24, 2.45) is 17.3 Å². The number of Topliss-reactive ketones (excluding diaryl/α,β-unsaturated/α-hetero) is 1. The smallest absolute Gasteiger partial charge is 0.309 e. The highest BCUT2D eigenvalue weighted by atomic mass is 127. The number of carbonyl (C=O) groups is 2. The van der Waals surface area contributed by atoms with Gasteiger partial charge in [-0.1, -0.05) is 56.7 Å². The number of fused-ring (bicyclic) bond motifs is 1. The van der Waals surface area contributed by atoms with Crippen LogP contribution in [0.3, 0.4) is 0 Å². The summed E-state index contributed by atoms with van der Waals surface area (Å²) in [6.45, 7) is 10.9. The number of rotatable bonds is 1. The van der Waals surface area contributed by atoms with Gasteiger partial charge in [0.15, 0.2) is 0 Å². The Balaban J connectivity index is 2.26. The molecule has 7 atom stereocenters. The van der Waals surface area contributed by atoms with E-state index in [4.69, 9.17) is 9.47 Å². The van der Waals surface area contributed by atoms with Crippen LogP contribution in [0, 0.1) is 17.3 Å². The second kappa shape index (κ2) is 9.96. The molecule has 0 aliphatic carbocycles. The number of aliphatic hydroxyl groups excluding tert-OH is 2. The van der Waals surface area contributed by atoms with E-state index in [-0.39, 0.29) is 29.8 Å². The number of epoxide rings is 1. The summed E-state index contributed by atoms with van der Waals surface area (Å²) in [6.07, 6.45) is 0.427. The Morgan fingerprint density at radius 2 is 1.83 bits per heavy atom. The standard InChI is InChI=1S/C23H37IO6/c1-13-8-7-9-23(6)18(30-23)10-16(14(2)12-24)29-19(26)11-17(25)22(4,5)21(28)15(3)20(13)27/h12-13,15-18,20,25,27H,7-11H2,1-6H3/b14-12+/t13-,15+,16-,17-,18-,20?,23+/m0/s1. The van der Waals surface area contributed by atoms with Crippen molar-refractivity contribution in [3.8, 4) is 0 Å². The number of hydrogen-bond donors (Lipinski definition) is 2. The molecule has 172 valence electrons. The first-order valence-electron chi connectivity index (χ1n) is 10.9. The molecular weight excluding hydrogens is 499 g/mol. The largest absolute Gasteiger partial charge is 0.458 e. The number of ketones is 1. The summed E-state index contributed by atoms with van der Waals surface area (Å²) in [4.78, 5) is 25.7. The topological polar surface area (TPSA) is 96.4 Å². The number of esters is 1. The van der Waals surface area contributed by atoms with Crippen LogP contribution in [0.15, 0.2) is 9.66 Å². The van der Waals surface area contributed by atoms with Crippen molar-refractivity contribution >= 4 is 34.3 Å². The van der Waals surface area contributed by atoms with Crippen LogP contribution in [0.1, 0.15) is 73.6 Å². The second-order valence-electron chi connectivity index (χ2n) is 9.94. The Kier molecular flexibility index (Phi) is 8.55. The summed E-state index contributed by atoms with van der Waals surface area (Å²) in [5.74, 6) is -1.47. The lowest BCUT2D eigenvalue weighted by Gasteiger charge is -2.34. The number of halogens is 1. The highest BCUT2D eigenvalue weighted by molar-refractivity contribution is 14.1. The first kappa shape index (κ1) is 25.7. The van der Waals surface area contributed by atoms with E-state index < -0.39 is 35.6 Å². The molecule has 0 aromatic carbocycles. The Morgan fingerprint density at radius 3 is 2.43 bits per heavy atom. The van der Waals surface area contributed by atoms with Gasteiger partial charge in [0, 0.05) is 12.3 Å². The molecule has 2 N–H and O–H groups in total. The Bertz CT molecular complexity index is 675. The lowest BCUT2D eigenvalue weighted by molar-refractivity contribution is -0.154. The lowest BCUT2D eigenvalue weighted by Crippen LogP contribution is -2.45. The molecule has 0 amide bonds. The zero-order chi connectivity index (χ0) is 22.9. The van der Waals surface area contributed by atoms with Crippen LogP contribution < -0.4 is 0 Å². The molecule has 2 fully saturated rings. The number of ether oxygens (including phenoxy) is 2. The lowest BCUT2D eigenvalue weighted by atomic mass is 9.73. The predicted octanol–water partition coefficient (Wildman–Crippen LogP) is 3.95. The van der Waals surface area contributed by atoms with Gasteiger partial charge in [0.25, 0.3) is 0 Å². The van der Waals surface area contributed by atoms with Gasteiger partial charge in [-0.2, -0.15) is 0 Å². The second-order valence-corrected chi connectivity index (χ2v) is 10.6. The number of carbonyl (C=O) groups excluding carboxylic acids is 2. The molecule has 0 bridgehead atoms. The van der Waals surface area contributed by atoms with Crippen molar-refractivity contribution in [2.45, 2.75) is 104 Å². The minimum absolute atomic E-state index is 0.0107. The normalized spacial score (nSPS) is 41.7. The van der Waals surface area contributed by atoms with E-state index in [9.17, 15) is 19.8 Å². The van der Waals surface area contributed by atoms with E-state index in [1.54, 1.807) is 20.8 Å². The molecule has 2 heterocycles. The van der Waals surface area contributed by atoms with Crippen LogP contribution in [0.2, 0.25) is 0 Å². The van der Waals surface area contributed by atoms with E-state index in [0.717, 1.165) is 24.8 Å². The molecule has 2 rings (SSSR count). The average molecular weight is 536 g/mol. The molecule has 0 saturated carbocycles. The molecule has 7 heteroatoms. The molecule has 0 aromatic rings. The molecular formula is C23H37IO6. The minimum atomic E-state index is -1.19. The zero-order valence-electron chi connectivity index (χ0n) is 19.0. The van der Waals surface area contributed by atoms with Gasteiger partial charge >= 0.3 is 5.97 Å². The van der Waals surface area contributed by atoms with Crippen LogP contribution in [-0.4, -0.2) is 52.0 Å². The fourth-order valence-electron chi connectivity index (χ4n) is 4.36. The number of aliphatic hydroxyl groups is 2. The molecule has 2 aliphatic heterocycles. The summed E-state index contributed by atoms with van der Waals surface area (Å²) in [6, 6.07) is 0. The highest BCUT2D eigenvalue weighted by Crippen LogP contribution is 2.45. The first-order chi connectivity index (χ1) is 13.8. The third kappa shape index (κ3) is 5.84. The molecule has 6 nitrogen and oxygen atoms in total. The van der Waals surface area contributed by atoms with Gasteiger partial charge in [-0.3, -0.25) is 9.59 Å². The van der Waals surface area contributed by atoms with Gasteiger partial charge < -0.3 is 19.7 Å². The monoisotopic (exact) mass is 536 g/mol. The maximum absolute atomic E-state index is 13.1. The van der Waals surface area contributed by atoms with Crippen LogP contribution in [0.5, 0.6) is 0 Å². The Labute approximate surface area is 193 Å². The summed E-state index contributed by atoms with van der Waals surface area (Å²) < 4.78 is 13.5. The molecule has 30 heavy (non-hydrogen) atoms. The minimum Gasteiger partial charge on any atom is -0.458 e. The van der Waals surface area contributed by atoms with E-state index in [2.05, 4.69) is 29.5 Å². The van der Waals surface area contributed by atoms with Gasteiger partial charge in [-0.15, -0.1) is 0 Å². The van der Waals surface area contributed by atoms with Crippen molar-refractivity contribution in [3.63, 3.8) is 0 Å². The molecule has 2 aliphatic rings. The van der Waals surface area contributed by atoms with Crippen LogP contribution in [-0.2, 0) is 19.1 Å². The quantitative estimate of drug-likeness (QED) is 0.300. The summed E-state index contributed by atoms with van der Waals surface area (Å²) in [5.41, 5.74) is -0.489. The molecule has 0 spiro atoms. The maximum Gasteiger partial charge on any atom is 0.309 e. The van der Waals surface area contributed by atoms with Crippen LogP contribution in [0.25, 0.3) is 0 Å². The maximum atomic E-state index is 13.1. The zero-order valence-corrected chi connectivity index (χ0v) is 21.1. The van der Waals surface area contributed by atoms with E-state index in [1.165, 1.54) is 0 Å². The molecule has 1 unspecified atom stereocenters. The highest BCUT2D eigenvalue weighted by Gasteiger charge is 2.53. The van der Waals surface area contributed by atoms with Gasteiger partial charge in [-0.25, -0.2) is 0 Å². The van der Waals surface area contributed by atoms with Gasteiger partial charge in [-0.05, 0) is 42.3 Å². The fraction of sp³-hybridized carbons (Fsp3) is 0.826. The average Bonchev–Trinajstić information content (AvgIpc) is 3.32. The van der Waals surface area contributed by atoms with Crippen molar-refractivity contribution in [2.75, 3.05) is 0 Å². The van der Waals surface area contributed by atoms with E-state index >= 15 is 0 Å². The van der Waals surface area contributed by atoms with Crippen molar-refractivity contribution in [3.05, 3.63) is 9.66 Å². The summed E-state index contributed by atoms with van der Waals surface area (Å²) >= 11 is 2.13. The molecule has 0 radical (unpaired) electrons. The predicted molar refractivity (Wildman–Crippen MR) is 123 cm³/mol. The molecule has 0 aromatic heterocycles. The summed E-state index contributed by atoms with van der Waals surface area (Å²) in [5, 5.41) is 21.4. The SMILES string of the molecule is C/C(=C\I)[C@@H]1C[C@@H]2O[C@]2(C)CCC[C@H](C)C(O)[C@@H](C)C(=O)C(C)(C)[C@@H](O)CC(=O)O1. The third-order valence-electron chi connectivity index (χ3n) is 7.09. The van der Waals surface area contributed by atoms with Crippen molar-refractivity contribution < 1.29 is 29.3 Å². The number of cyclic esters (lactones) is 1. The number of hydrogen-bond acceptors (Lipinski definition) is 6. The third-order valence-corrected chi connectivity index (χ3v) is 8.07. The van der Waals surface area contributed by atoms with Crippen molar-refractivity contribution in [1.29, 1.82) is 0 Å². The van der Waals surface area contributed by atoms with E-state index in [1.807, 2.05) is 17.9 Å². The fourth-order valence-corrected chi connectivity index (χ4v) is 4.77. The van der Waals surface area contributed by atoms with Crippen LogP contribution in [0.4, 0.5) is 0 Å². The van der Waals surface area contributed by atoms with E-state index in [0.29, 0.717) is 6.42 Å². The molecule has 2 saturated heterocycles. The Hall–Kier alpha value is -0.510. The van der Waals surface area contributed by atoms with Gasteiger partial charge in [0.2, 0.25) is 0 Å². The first-order valence-corrected chi connectivity index (χ1v) is 12.1.